The normalized spacial score (nSPS) is 18.1. The van der Waals surface area contributed by atoms with E-state index in [0.29, 0.717) is 26.2 Å². The number of rotatable bonds is 3. The van der Waals surface area contributed by atoms with Gasteiger partial charge in [-0.25, -0.2) is 4.39 Å². The number of benzene rings is 1. The maximum atomic E-state index is 13.3. The third-order valence-corrected chi connectivity index (χ3v) is 3.44. The smallest absolute Gasteiger partial charge is 0.394 e. The summed E-state index contributed by atoms with van der Waals surface area (Å²) in [6.45, 7) is 1.81. The van der Waals surface area contributed by atoms with Crippen LogP contribution in [0, 0.1) is 5.82 Å². The lowest BCUT2D eigenvalue weighted by Crippen LogP contribution is -2.46. The quantitative estimate of drug-likeness (QED) is 0.835. The van der Waals surface area contributed by atoms with Crippen molar-refractivity contribution in [2.24, 2.45) is 0 Å². The van der Waals surface area contributed by atoms with Gasteiger partial charge in [0.15, 0.2) is 0 Å². The standard InChI is InChI=1S/C13H16F4N2O.ClH/c14-9-1-2-11(13(15,16)17)10(7-9)12(8-20)19-5-3-18-4-6-19;/h1-2,7,12,18,20H,3-6,8H2;1H/t12-;/m1./s1. The van der Waals surface area contributed by atoms with E-state index in [0.717, 1.165) is 18.2 Å². The van der Waals surface area contributed by atoms with Crippen LogP contribution in [-0.4, -0.2) is 42.8 Å². The summed E-state index contributed by atoms with van der Waals surface area (Å²) in [5.74, 6) is -0.735. The third kappa shape index (κ3) is 4.29. The van der Waals surface area contributed by atoms with E-state index in [1.54, 1.807) is 4.90 Å². The van der Waals surface area contributed by atoms with Crippen LogP contribution in [0.4, 0.5) is 17.6 Å². The van der Waals surface area contributed by atoms with Gasteiger partial charge in [-0.15, -0.1) is 12.4 Å². The molecule has 0 unspecified atom stereocenters. The highest BCUT2D eigenvalue weighted by Gasteiger charge is 2.36. The number of alkyl halides is 3. The van der Waals surface area contributed by atoms with E-state index < -0.39 is 30.2 Å². The summed E-state index contributed by atoms with van der Waals surface area (Å²) in [6.07, 6.45) is -4.56. The number of halogens is 5. The molecule has 8 heteroatoms. The molecule has 0 spiro atoms. The minimum atomic E-state index is -4.56. The van der Waals surface area contributed by atoms with Crippen LogP contribution in [0.5, 0.6) is 0 Å². The number of nitrogens with one attached hydrogen (secondary N) is 1. The van der Waals surface area contributed by atoms with Crippen molar-refractivity contribution in [3.63, 3.8) is 0 Å². The van der Waals surface area contributed by atoms with Crippen LogP contribution in [0.3, 0.4) is 0 Å². The van der Waals surface area contributed by atoms with E-state index in [2.05, 4.69) is 5.32 Å². The molecular formula is C13H17ClF4N2O. The van der Waals surface area contributed by atoms with Gasteiger partial charge in [0, 0.05) is 26.2 Å². The first kappa shape index (κ1) is 18.2. The molecule has 21 heavy (non-hydrogen) atoms. The number of hydrogen-bond acceptors (Lipinski definition) is 3. The van der Waals surface area contributed by atoms with Gasteiger partial charge < -0.3 is 10.4 Å². The molecule has 1 atom stereocenters. The van der Waals surface area contributed by atoms with E-state index >= 15 is 0 Å². The zero-order valence-electron chi connectivity index (χ0n) is 11.2. The average molecular weight is 329 g/mol. The van der Waals surface area contributed by atoms with Crippen LogP contribution in [0.2, 0.25) is 0 Å². The van der Waals surface area contributed by atoms with Gasteiger partial charge in [0.1, 0.15) is 5.82 Å². The van der Waals surface area contributed by atoms with Gasteiger partial charge in [0.2, 0.25) is 0 Å². The Labute approximate surface area is 126 Å². The second-order valence-electron chi connectivity index (χ2n) is 4.71. The van der Waals surface area contributed by atoms with Crippen LogP contribution in [0.1, 0.15) is 17.2 Å². The summed E-state index contributed by atoms with van der Waals surface area (Å²) >= 11 is 0. The first-order valence-corrected chi connectivity index (χ1v) is 6.35. The predicted molar refractivity (Wildman–Crippen MR) is 72.9 cm³/mol. The molecule has 1 heterocycles. The zero-order chi connectivity index (χ0) is 14.8. The lowest BCUT2D eigenvalue weighted by Gasteiger charge is -2.35. The number of hydrogen-bond donors (Lipinski definition) is 2. The zero-order valence-corrected chi connectivity index (χ0v) is 12.0. The summed E-state index contributed by atoms with van der Waals surface area (Å²) < 4.78 is 52.3. The number of aliphatic hydroxyl groups is 1. The number of aliphatic hydroxyl groups excluding tert-OH is 1. The van der Waals surface area contributed by atoms with Crippen molar-refractivity contribution in [2.45, 2.75) is 12.2 Å². The molecule has 1 aliphatic heterocycles. The van der Waals surface area contributed by atoms with Gasteiger partial charge in [0.05, 0.1) is 18.2 Å². The Morgan fingerprint density at radius 3 is 2.38 bits per heavy atom. The molecule has 0 saturated carbocycles. The molecule has 2 rings (SSSR count). The minimum absolute atomic E-state index is 0. The Kier molecular flexibility index (Phi) is 6.40. The first-order chi connectivity index (χ1) is 9.43. The lowest BCUT2D eigenvalue weighted by atomic mass is 9.98. The summed E-state index contributed by atoms with van der Waals surface area (Å²) in [4.78, 5) is 1.74. The van der Waals surface area contributed by atoms with Gasteiger partial charge in [0.25, 0.3) is 0 Å². The molecule has 0 aromatic heterocycles. The van der Waals surface area contributed by atoms with E-state index in [9.17, 15) is 22.7 Å². The molecule has 1 aromatic rings. The topological polar surface area (TPSA) is 35.5 Å². The number of piperazine rings is 1. The van der Waals surface area contributed by atoms with Crippen molar-refractivity contribution < 1.29 is 22.7 Å². The largest absolute Gasteiger partial charge is 0.416 e. The molecule has 1 fully saturated rings. The Morgan fingerprint density at radius 1 is 1.24 bits per heavy atom. The fourth-order valence-corrected chi connectivity index (χ4v) is 2.47. The van der Waals surface area contributed by atoms with Gasteiger partial charge in [-0.05, 0) is 23.8 Å². The molecule has 0 aliphatic carbocycles. The maximum absolute atomic E-state index is 13.3. The summed E-state index contributed by atoms with van der Waals surface area (Å²) in [7, 11) is 0. The highest BCUT2D eigenvalue weighted by molar-refractivity contribution is 5.85. The monoisotopic (exact) mass is 328 g/mol. The second-order valence-corrected chi connectivity index (χ2v) is 4.71. The van der Waals surface area contributed by atoms with Crippen LogP contribution >= 0.6 is 12.4 Å². The summed E-state index contributed by atoms with van der Waals surface area (Å²) in [5, 5.41) is 12.5. The van der Waals surface area contributed by atoms with E-state index in [1.807, 2.05) is 0 Å². The van der Waals surface area contributed by atoms with Gasteiger partial charge in [-0.3, -0.25) is 4.90 Å². The molecule has 0 amide bonds. The maximum Gasteiger partial charge on any atom is 0.416 e. The lowest BCUT2D eigenvalue weighted by molar-refractivity contribution is -0.139. The van der Waals surface area contributed by atoms with E-state index in [-0.39, 0.29) is 18.0 Å². The molecule has 0 radical (unpaired) electrons. The highest BCUT2D eigenvalue weighted by atomic mass is 35.5. The van der Waals surface area contributed by atoms with Crippen LogP contribution in [0.15, 0.2) is 18.2 Å². The van der Waals surface area contributed by atoms with Gasteiger partial charge >= 0.3 is 6.18 Å². The molecule has 2 N–H and O–H groups in total. The molecule has 1 aliphatic rings. The first-order valence-electron chi connectivity index (χ1n) is 6.35. The number of nitrogens with zero attached hydrogens (tertiary/aromatic N) is 1. The van der Waals surface area contributed by atoms with E-state index in [4.69, 9.17) is 0 Å². The van der Waals surface area contributed by atoms with Gasteiger partial charge in [-0.1, -0.05) is 0 Å². The molecular weight excluding hydrogens is 312 g/mol. The average Bonchev–Trinajstić information content (AvgIpc) is 2.39. The minimum Gasteiger partial charge on any atom is -0.394 e. The summed E-state index contributed by atoms with van der Waals surface area (Å²) in [5.41, 5.74) is -1.10. The van der Waals surface area contributed by atoms with Crippen molar-refractivity contribution in [1.82, 2.24) is 10.2 Å². The SMILES string of the molecule is Cl.OC[C@H](c1cc(F)ccc1C(F)(F)F)N1CCNCC1. The van der Waals surface area contributed by atoms with Crippen molar-refractivity contribution >= 4 is 12.4 Å². The molecule has 0 bridgehead atoms. The Morgan fingerprint density at radius 2 is 1.86 bits per heavy atom. The van der Waals surface area contributed by atoms with Crippen LogP contribution in [0.25, 0.3) is 0 Å². The molecule has 1 saturated heterocycles. The highest BCUT2D eigenvalue weighted by Crippen LogP contribution is 2.36. The Balaban J connectivity index is 0.00000220. The van der Waals surface area contributed by atoms with Crippen molar-refractivity contribution in [3.8, 4) is 0 Å². The molecule has 3 nitrogen and oxygen atoms in total. The fourth-order valence-electron chi connectivity index (χ4n) is 2.47. The van der Waals surface area contributed by atoms with E-state index in [1.165, 1.54) is 0 Å². The Bertz CT molecular complexity index is 464. The van der Waals surface area contributed by atoms with Crippen LogP contribution < -0.4 is 5.32 Å². The van der Waals surface area contributed by atoms with Crippen LogP contribution in [-0.2, 0) is 6.18 Å². The second kappa shape index (κ2) is 7.40. The Hall–Kier alpha value is -0.890. The van der Waals surface area contributed by atoms with Gasteiger partial charge in [-0.2, -0.15) is 13.2 Å². The van der Waals surface area contributed by atoms with Crippen molar-refractivity contribution in [2.75, 3.05) is 32.8 Å². The third-order valence-electron chi connectivity index (χ3n) is 3.44. The fraction of sp³-hybridized carbons (Fsp3) is 0.538. The molecule has 120 valence electrons. The van der Waals surface area contributed by atoms with Crippen molar-refractivity contribution in [3.05, 3.63) is 35.1 Å². The van der Waals surface area contributed by atoms with Crippen molar-refractivity contribution in [1.29, 1.82) is 0 Å². The predicted octanol–water partition coefficient (Wildman–Crippen LogP) is 2.20. The summed E-state index contributed by atoms with van der Waals surface area (Å²) in [6, 6.07) is 1.55. The molecule has 1 aromatic carbocycles.